The summed E-state index contributed by atoms with van der Waals surface area (Å²) >= 11 is 0. The van der Waals surface area contributed by atoms with Gasteiger partial charge in [-0.15, -0.1) is 0 Å². The molecule has 0 aliphatic carbocycles. The van der Waals surface area contributed by atoms with Crippen molar-refractivity contribution < 1.29 is 17.9 Å². The van der Waals surface area contributed by atoms with Crippen molar-refractivity contribution in [2.45, 2.75) is 59.0 Å². The van der Waals surface area contributed by atoms with Crippen LogP contribution in [0.4, 0.5) is 13.2 Å². The second-order valence-corrected chi connectivity index (χ2v) is 7.85. The molecule has 0 spiro atoms. The zero-order valence-electron chi connectivity index (χ0n) is 18.2. The summed E-state index contributed by atoms with van der Waals surface area (Å²) in [4.78, 5) is 0. The summed E-state index contributed by atoms with van der Waals surface area (Å²) in [6.07, 6.45) is 5.23. The van der Waals surface area contributed by atoms with E-state index in [0.29, 0.717) is 28.9 Å². The third kappa shape index (κ3) is 5.90. The highest BCUT2D eigenvalue weighted by atomic mass is 19.2. The van der Waals surface area contributed by atoms with Gasteiger partial charge in [-0.25, -0.2) is 13.2 Å². The lowest BCUT2D eigenvalue weighted by Crippen LogP contribution is -2.00. The predicted octanol–water partition coefficient (Wildman–Crippen LogP) is 8.04. The number of halogens is 3. The molecule has 0 saturated heterocycles. The van der Waals surface area contributed by atoms with E-state index in [1.165, 1.54) is 0 Å². The molecular weight excluding hydrogens is 397 g/mol. The molecule has 0 aliphatic heterocycles. The van der Waals surface area contributed by atoms with Crippen LogP contribution >= 0.6 is 0 Å². The Hall–Kier alpha value is -2.75. The van der Waals surface area contributed by atoms with Gasteiger partial charge in [-0.3, -0.25) is 0 Å². The molecule has 3 aromatic rings. The maximum Gasteiger partial charge on any atom is 0.166 e. The van der Waals surface area contributed by atoms with Gasteiger partial charge >= 0.3 is 0 Å². The summed E-state index contributed by atoms with van der Waals surface area (Å²) in [5.74, 6) is -1.33. The Balaban J connectivity index is 1.67. The van der Waals surface area contributed by atoms with E-state index >= 15 is 0 Å². The summed E-state index contributed by atoms with van der Waals surface area (Å²) in [7, 11) is 0. The highest BCUT2D eigenvalue weighted by Gasteiger charge is 2.14. The summed E-state index contributed by atoms with van der Waals surface area (Å²) < 4.78 is 49.0. The number of hydrogen-bond donors (Lipinski definition) is 0. The lowest BCUT2D eigenvalue weighted by atomic mass is 10.00. The highest BCUT2D eigenvalue weighted by Crippen LogP contribution is 2.29. The Morgan fingerprint density at radius 1 is 0.710 bits per heavy atom. The maximum absolute atomic E-state index is 14.6. The van der Waals surface area contributed by atoms with Gasteiger partial charge in [0.1, 0.15) is 18.2 Å². The van der Waals surface area contributed by atoms with Crippen LogP contribution in [-0.2, 0) is 19.4 Å². The van der Waals surface area contributed by atoms with Crippen LogP contribution in [0.2, 0.25) is 0 Å². The molecule has 0 saturated carbocycles. The van der Waals surface area contributed by atoms with E-state index < -0.39 is 11.6 Å². The van der Waals surface area contributed by atoms with Crippen LogP contribution in [0, 0.1) is 17.5 Å². The third-order valence-electron chi connectivity index (χ3n) is 5.43. The van der Waals surface area contributed by atoms with Gasteiger partial charge in [-0.05, 0) is 54.2 Å². The molecule has 164 valence electrons. The first kappa shape index (κ1) is 22.9. The Bertz CT molecular complexity index is 996. The first-order chi connectivity index (χ1) is 15.0. The lowest BCUT2D eigenvalue weighted by Gasteiger charge is -2.11. The Labute approximate surface area is 182 Å². The van der Waals surface area contributed by atoms with Gasteiger partial charge in [0.25, 0.3) is 0 Å². The lowest BCUT2D eigenvalue weighted by molar-refractivity contribution is 0.300. The summed E-state index contributed by atoms with van der Waals surface area (Å²) in [5, 5.41) is 0. The number of ether oxygens (including phenoxy) is 1. The second kappa shape index (κ2) is 11.0. The summed E-state index contributed by atoms with van der Waals surface area (Å²) in [5.41, 5.74) is 2.66. The van der Waals surface area contributed by atoms with Crippen LogP contribution in [0.3, 0.4) is 0 Å². The minimum Gasteiger partial charge on any atom is -0.489 e. The fraction of sp³-hybridized carbons (Fsp3) is 0.333. The molecule has 0 N–H and O–H groups in total. The Kier molecular flexibility index (Phi) is 8.16. The summed E-state index contributed by atoms with van der Waals surface area (Å²) in [6.45, 7) is 4.24. The second-order valence-electron chi connectivity index (χ2n) is 7.85. The van der Waals surface area contributed by atoms with Crippen LogP contribution in [0.1, 0.15) is 56.2 Å². The van der Waals surface area contributed by atoms with Crippen molar-refractivity contribution in [2.75, 3.05) is 0 Å². The topological polar surface area (TPSA) is 9.23 Å². The van der Waals surface area contributed by atoms with E-state index in [1.54, 1.807) is 48.5 Å². The zero-order chi connectivity index (χ0) is 22.2. The molecule has 3 aromatic carbocycles. The van der Waals surface area contributed by atoms with E-state index in [9.17, 15) is 13.2 Å². The van der Waals surface area contributed by atoms with Gasteiger partial charge in [0, 0.05) is 11.1 Å². The molecule has 0 unspecified atom stereocenters. The first-order valence-electron chi connectivity index (χ1n) is 11.0. The smallest absolute Gasteiger partial charge is 0.166 e. The van der Waals surface area contributed by atoms with E-state index in [1.807, 2.05) is 6.07 Å². The van der Waals surface area contributed by atoms with Crippen molar-refractivity contribution in [1.29, 1.82) is 0 Å². The van der Waals surface area contributed by atoms with Crippen molar-refractivity contribution in [3.8, 4) is 16.9 Å². The van der Waals surface area contributed by atoms with Crippen LogP contribution in [-0.4, -0.2) is 0 Å². The minimum absolute atomic E-state index is 0.104. The van der Waals surface area contributed by atoms with Gasteiger partial charge in [-0.1, -0.05) is 69.5 Å². The molecule has 0 aromatic heterocycles. The highest BCUT2D eigenvalue weighted by molar-refractivity contribution is 5.65. The van der Waals surface area contributed by atoms with Crippen LogP contribution in [0.5, 0.6) is 5.75 Å². The number of aryl methyl sites for hydroxylation is 2. The molecule has 0 amide bonds. The van der Waals surface area contributed by atoms with Crippen LogP contribution in [0.25, 0.3) is 11.1 Å². The van der Waals surface area contributed by atoms with Crippen molar-refractivity contribution in [2.24, 2.45) is 0 Å². The fourth-order valence-electron chi connectivity index (χ4n) is 3.61. The van der Waals surface area contributed by atoms with Gasteiger partial charge in [0.2, 0.25) is 0 Å². The Morgan fingerprint density at radius 2 is 1.45 bits per heavy atom. The van der Waals surface area contributed by atoms with Gasteiger partial charge < -0.3 is 4.74 Å². The standard InChI is InChI=1S/C27H29F3O/c1-3-5-6-8-21-13-16-24(27(30)26(21)29)20-11-14-23(15-12-20)31-18-22-10-9-19(7-4-2)17-25(22)28/h9-17H,3-8,18H2,1-2H3. The minimum atomic E-state index is -0.822. The SMILES string of the molecule is CCCCCc1ccc(-c2ccc(OCc3ccc(CCC)cc3F)cc2)c(F)c1F. The maximum atomic E-state index is 14.6. The number of rotatable bonds is 10. The molecule has 0 radical (unpaired) electrons. The average Bonchev–Trinajstić information content (AvgIpc) is 2.77. The van der Waals surface area contributed by atoms with E-state index in [4.69, 9.17) is 4.74 Å². The monoisotopic (exact) mass is 426 g/mol. The van der Waals surface area contributed by atoms with Crippen molar-refractivity contribution in [1.82, 2.24) is 0 Å². The van der Waals surface area contributed by atoms with Crippen molar-refractivity contribution in [3.63, 3.8) is 0 Å². The molecule has 0 bridgehead atoms. The quantitative estimate of drug-likeness (QED) is 0.298. The Morgan fingerprint density at radius 3 is 2.13 bits per heavy atom. The van der Waals surface area contributed by atoms with Crippen LogP contribution in [0.15, 0.2) is 54.6 Å². The molecule has 0 fully saturated rings. The molecule has 0 aliphatic rings. The van der Waals surface area contributed by atoms with E-state index in [-0.39, 0.29) is 18.0 Å². The van der Waals surface area contributed by atoms with Crippen molar-refractivity contribution >= 4 is 0 Å². The molecular formula is C27H29F3O. The number of benzene rings is 3. The molecule has 3 rings (SSSR count). The van der Waals surface area contributed by atoms with Crippen LogP contribution < -0.4 is 4.74 Å². The number of unbranched alkanes of at least 4 members (excludes halogenated alkanes) is 2. The first-order valence-corrected chi connectivity index (χ1v) is 11.0. The molecule has 4 heteroatoms. The van der Waals surface area contributed by atoms with E-state index in [2.05, 4.69) is 13.8 Å². The zero-order valence-corrected chi connectivity index (χ0v) is 18.2. The van der Waals surface area contributed by atoms with Crippen molar-refractivity contribution in [3.05, 3.63) is 88.7 Å². The van der Waals surface area contributed by atoms with Gasteiger partial charge in [0.05, 0.1) is 0 Å². The van der Waals surface area contributed by atoms with Gasteiger partial charge in [-0.2, -0.15) is 0 Å². The molecule has 0 heterocycles. The normalized spacial score (nSPS) is 11.0. The molecule has 31 heavy (non-hydrogen) atoms. The van der Waals surface area contributed by atoms with Gasteiger partial charge in [0.15, 0.2) is 11.6 Å². The average molecular weight is 427 g/mol. The number of hydrogen-bond acceptors (Lipinski definition) is 1. The fourth-order valence-corrected chi connectivity index (χ4v) is 3.61. The summed E-state index contributed by atoms with van der Waals surface area (Å²) in [6, 6.07) is 15.2. The molecule has 1 nitrogen and oxygen atoms in total. The molecule has 0 atom stereocenters. The van der Waals surface area contributed by atoms with E-state index in [0.717, 1.165) is 37.7 Å². The third-order valence-corrected chi connectivity index (χ3v) is 5.43. The largest absolute Gasteiger partial charge is 0.489 e. The predicted molar refractivity (Wildman–Crippen MR) is 120 cm³/mol.